The molecule has 2 amide bonds. The molecule has 0 radical (unpaired) electrons. The molecular weight excluding hydrogens is 256 g/mol. The molecule has 1 aromatic rings. The van der Waals surface area contributed by atoms with Crippen LogP contribution in [0.15, 0.2) is 4.52 Å². The first-order valence-electron chi connectivity index (χ1n) is 5.72. The van der Waals surface area contributed by atoms with Crippen LogP contribution < -0.4 is 5.32 Å². The van der Waals surface area contributed by atoms with Crippen LogP contribution in [0.2, 0.25) is 0 Å². The molecule has 1 fully saturated rings. The number of hydrogen-bond acceptors (Lipinski definition) is 6. The van der Waals surface area contributed by atoms with Gasteiger partial charge in [0.05, 0.1) is 19.7 Å². The fraction of sp³-hybridized carbons (Fsp3) is 0.600. The minimum absolute atomic E-state index is 0.0203. The maximum Gasteiger partial charge on any atom is 0.334 e. The van der Waals surface area contributed by atoms with Crippen molar-refractivity contribution in [3.05, 3.63) is 11.7 Å². The first kappa shape index (κ1) is 13.3. The highest BCUT2D eigenvalue weighted by Gasteiger charge is 2.28. The highest BCUT2D eigenvalue weighted by molar-refractivity contribution is 5.77. The fourth-order valence-electron chi connectivity index (χ4n) is 1.66. The molecule has 0 spiro atoms. The number of aliphatic carboxylic acids is 1. The van der Waals surface area contributed by atoms with E-state index in [1.54, 1.807) is 6.92 Å². The average Bonchev–Trinajstić information content (AvgIpc) is 2.82. The zero-order valence-electron chi connectivity index (χ0n) is 10.3. The van der Waals surface area contributed by atoms with Crippen LogP contribution in [0.3, 0.4) is 0 Å². The molecular formula is C10H14N4O5. The van der Waals surface area contributed by atoms with Gasteiger partial charge in [-0.25, -0.2) is 9.59 Å². The van der Waals surface area contributed by atoms with E-state index in [2.05, 4.69) is 15.5 Å². The lowest BCUT2D eigenvalue weighted by molar-refractivity contribution is -0.154. The van der Waals surface area contributed by atoms with Crippen molar-refractivity contribution in [1.29, 1.82) is 0 Å². The Labute approximate surface area is 108 Å². The number of urea groups is 1. The lowest BCUT2D eigenvalue weighted by Gasteiger charge is -2.30. The lowest BCUT2D eigenvalue weighted by atomic mass is 10.3. The van der Waals surface area contributed by atoms with Crippen molar-refractivity contribution in [1.82, 2.24) is 20.4 Å². The van der Waals surface area contributed by atoms with Crippen LogP contribution in [0.4, 0.5) is 4.79 Å². The first-order chi connectivity index (χ1) is 9.06. The standard InChI is InChI=1S/C10H14N4O5/c1-6-12-8(13-19-6)4-11-10(17)14-2-3-18-7(5-14)9(15)16/h7H,2-5H2,1H3,(H,11,17)(H,15,16). The molecule has 1 aliphatic rings. The summed E-state index contributed by atoms with van der Waals surface area (Å²) < 4.78 is 9.79. The van der Waals surface area contributed by atoms with Gasteiger partial charge in [-0.05, 0) is 0 Å². The number of morpholine rings is 1. The Morgan fingerprint density at radius 2 is 2.37 bits per heavy atom. The summed E-state index contributed by atoms with van der Waals surface area (Å²) >= 11 is 0. The average molecular weight is 270 g/mol. The van der Waals surface area contributed by atoms with Crippen LogP contribution >= 0.6 is 0 Å². The van der Waals surface area contributed by atoms with Gasteiger partial charge in [-0.2, -0.15) is 4.98 Å². The largest absolute Gasteiger partial charge is 0.479 e. The van der Waals surface area contributed by atoms with Gasteiger partial charge >= 0.3 is 12.0 Å². The van der Waals surface area contributed by atoms with E-state index in [0.29, 0.717) is 18.3 Å². The zero-order valence-corrected chi connectivity index (χ0v) is 10.3. The molecule has 9 heteroatoms. The molecule has 0 saturated carbocycles. The highest BCUT2D eigenvalue weighted by Crippen LogP contribution is 2.06. The summed E-state index contributed by atoms with van der Waals surface area (Å²) in [5.41, 5.74) is 0. The van der Waals surface area contributed by atoms with E-state index in [0.717, 1.165) is 0 Å². The Morgan fingerprint density at radius 3 is 3.00 bits per heavy atom. The summed E-state index contributed by atoms with van der Waals surface area (Å²) in [6.07, 6.45) is -0.980. The molecule has 104 valence electrons. The van der Waals surface area contributed by atoms with E-state index >= 15 is 0 Å². The molecule has 2 rings (SSSR count). The van der Waals surface area contributed by atoms with E-state index < -0.39 is 12.1 Å². The molecule has 1 aliphatic heterocycles. The molecule has 0 aliphatic carbocycles. The highest BCUT2D eigenvalue weighted by atomic mass is 16.5. The molecule has 2 heterocycles. The third-order valence-corrected chi connectivity index (χ3v) is 2.60. The Hall–Kier alpha value is -2.16. The lowest BCUT2D eigenvalue weighted by Crippen LogP contribution is -2.51. The third kappa shape index (κ3) is 3.41. The van der Waals surface area contributed by atoms with Crippen molar-refractivity contribution < 1.29 is 24.0 Å². The predicted octanol–water partition coefficient (Wildman–Crippen LogP) is -0.627. The summed E-state index contributed by atoms with van der Waals surface area (Å²) in [4.78, 5) is 27.9. The number of nitrogens with one attached hydrogen (secondary N) is 1. The van der Waals surface area contributed by atoms with E-state index in [4.69, 9.17) is 14.4 Å². The van der Waals surface area contributed by atoms with Gasteiger partial charge in [-0.3, -0.25) is 0 Å². The van der Waals surface area contributed by atoms with E-state index in [-0.39, 0.29) is 25.7 Å². The molecule has 1 saturated heterocycles. The third-order valence-electron chi connectivity index (χ3n) is 2.60. The van der Waals surface area contributed by atoms with E-state index in [1.807, 2.05) is 0 Å². The number of aromatic nitrogens is 2. The molecule has 0 bridgehead atoms. The SMILES string of the molecule is Cc1nc(CNC(=O)N2CCOC(C(=O)O)C2)no1. The van der Waals surface area contributed by atoms with Gasteiger partial charge in [-0.1, -0.05) is 5.16 Å². The number of carbonyl (C=O) groups excluding carboxylic acids is 1. The number of carboxylic acid groups (broad SMARTS) is 1. The Kier molecular flexibility index (Phi) is 3.95. The predicted molar refractivity (Wildman–Crippen MR) is 60.2 cm³/mol. The van der Waals surface area contributed by atoms with E-state index in [9.17, 15) is 9.59 Å². The second kappa shape index (κ2) is 5.65. The van der Waals surface area contributed by atoms with Crippen molar-refractivity contribution in [2.24, 2.45) is 0 Å². The second-order valence-electron chi connectivity index (χ2n) is 4.03. The molecule has 1 atom stereocenters. The summed E-state index contributed by atoms with van der Waals surface area (Å²) in [5, 5.41) is 15.1. The van der Waals surface area contributed by atoms with E-state index in [1.165, 1.54) is 4.90 Å². The number of aryl methyl sites for hydroxylation is 1. The van der Waals surface area contributed by atoms with Crippen LogP contribution in [-0.2, 0) is 16.1 Å². The molecule has 19 heavy (non-hydrogen) atoms. The zero-order chi connectivity index (χ0) is 13.8. The topological polar surface area (TPSA) is 118 Å². The molecule has 1 aromatic heterocycles. The van der Waals surface area contributed by atoms with Gasteiger partial charge in [-0.15, -0.1) is 0 Å². The maximum absolute atomic E-state index is 11.8. The van der Waals surface area contributed by atoms with Gasteiger partial charge in [0.15, 0.2) is 11.9 Å². The summed E-state index contributed by atoms with van der Waals surface area (Å²) in [5.74, 6) is -0.290. The van der Waals surface area contributed by atoms with Gasteiger partial charge in [0.25, 0.3) is 0 Å². The van der Waals surface area contributed by atoms with Gasteiger partial charge in [0, 0.05) is 13.5 Å². The number of ether oxygens (including phenoxy) is 1. The number of carboxylic acids is 1. The van der Waals surface area contributed by atoms with Crippen LogP contribution in [0.25, 0.3) is 0 Å². The normalized spacial score (nSPS) is 19.2. The molecule has 1 unspecified atom stereocenters. The molecule has 9 nitrogen and oxygen atoms in total. The Morgan fingerprint density at radius 1 is 1.58 bits per heavy atom. The maximum atomic E-state index is 11.8. The Bertz CT molecular complexity index is 474. The van der Waals surface area contributed by atoms with Crippen molar-refractivity contribution in [3.8, 4) is 0 Å². The minimum atomic E-state index is -1.08. The Balaban J connectivity index is 1.84. The van der Waals surface area contributed by atoms with Crippen LogP contribution in [0, 0.1) is 6.92 Å². The van der Waals surface area contributed by atoms with Crippen molar-refractivity contribution >= 4 is 12.0 Å². The van der Waals surface area contributed by atoms with Crippen molar-refractivity contribution in [2.75, 3.05) is 19.7 Å². The number of carbonyl (C=O) groups is 2. The number of hydrogen-bond donors (Lipinski definition) is 2. The van der Waals surface area contributed by atoms with Crippen molar-refractivity contribution in [2.45, 2.75) is 19.6 Å². The van der Waals surface area contributed by atoms with Crippen LogP contribution in [0.5, 0.6) is 0 Å². The van der Waals surface area contributed by atoms with Crippen LogP contribution in [-0.4, -0.2) is 57.9 Å². The smallest absolute Gasteiger partial charge is 0.334 e. The van der Waals surface area contributed by atoms with Gasteiger partial charge in [0.2, 0.25) is 5.89 Å². The van der Waals surface area contributed by atoms with Gasteiger partial charge < -0.3 is 24.6 Å². The van der Waals surface area contributed by atoms with Crippen LogP contribution in [0.1, 0.15) is 11.7 Å². The summed E-state index contributed by atoms with van der Waals surface area (Å²) in [6, 6.07) is -0.378. The molecule has 2 N–H and O–H groups in total. The second-order valence-corrected chi connectivity index (χ2v) is 4.03. The summed E-state index contributed by atoms with van der Waals surface area (Å²) in [6.45, 7) is 2.35. The van der Waals surface area contributed by atoms with Gasteiger partial charge in [0.1, 0.15) is 0 Å². The fourth-order valence-corrected chi connectivity index (χ4v) is 1.66. The first-order valence-corrected chi connectivity index (χ1v) is 5.72. The number of amides is 2. The van der Waals surface area contributed by atoms with Crippen molar-refractivity contribution in [3.63, 3.8) is 0 Å². The minimum Gasteiger partial charge on any atom is -0.479 e. The quantitative estimate of drug-likeness (QED) is 0.750. The number of nitrogens with zero attached hydrogens (tertiary/aromatic N) is 3. The monoisotopic (exact) mass is 270 g/mol. The summed E-state index contributed by atoms with van der Waals surface area (Å²) in [7, 11) is 0. The number of rotatable bonds is 3. The molecule has 0 aromatic carbocycles.